The molecule has 1 amide bonds. The van der Waals surface area contributed by atoms with E-state index in [0.29, 0.717) is 16.4 Å². The Morgan fingerprint density at radius 3 is 2.72 bits per heavy atom. The molecule has 0 spiro atoms. The van der Waals surface area contributed by atoms with E-state index in [1.54, 1.807) is 24.4 Å². The van der Waals surface area contributed by atoms with E-state index in [0.717, 1.165) is 11.1 Å². The monoisotopic (exact) mass is 260 g/mol. The number of hydrogen-bond donors (Lipinski definition) is 1. The van der Waals surface area contributed by atoms with Crippen molar-refractivity contribution in [2.75, 3.05) is 5.32 Å². The molecule has 0 fully saturated rings. The highest BCUT2D eigenvalue weighted by Crippen LogP contribution is 2.19. The van der Waals surface area contributed by atoms with Crippen LogP contribution in [0.5, 0.6) is 0 Å². The van der Waals surface area contributed by atoms with Crippen molar-refractivity contribution in [3.8, 4) is 0 Å². The van der Waals surface area contributed by atoms with Crippen molar-refractivity contribution < 1.29 is 4.79 Å². The molecule has 4 heteroatoms. The van der Waals surface area contributed by atoms with E-state index >= 15 is 0 Å². The van der Waals surface area contributed by atoms with Gasteiger partial charge in [0.05, 0.1) is 5.02 Å². The summed E-state index contributed by atoms with van der Waals surface area (Å²) in [5.41, 5.74) is 2.67. The summed E-state index contributed by atoms with van der Waals surface area (Å²) >= 11 is 5.95. The lowest BCUT2D eigenvalue weighted by Gasteiger charge is -2.09. The first-order chi connectivity index (χ1) is 8.59. The van der Waals surface area contributed by atoms with Gasteiger partial charge in [-0.1, -0.05) is 23.7 Å². The number of rotatable bonds is 2. The quantitative estimate of drug-likeness (QED) is 0.896. The molecule has 0 aliphatic heterocycles. The van der Waals surface area contributed by atoms with Gasteiger partial charge in [0, 0.05) is 11.8 Å². The van der Waals surface area contributed by atoms with Crippen LogP contribution in [0.2, 0.25) is 5.02 Å². The first-order valence-electron chi connectivity index (χ1n) is 5.57. The summed E-state index contributed by atoms with van der Waals surface area (Å²) < 4.78 is 0. The zero-order chi connectivity index (χ0) is 13.1. The highest BCUT2D eigenvalue weighted by Gasteiger charge is 2.12. The number of carbonyl (C=O) groups is 1. The van der Waals surface area contributed by atoms with Crippen LogP contribution in [-0.2, 0) is 0 Å². The number of aromatic nitrogens is 1. The zero-order valence-electron chi connectivity index (χ0n) is 10.2. The van der Waals surface area contributed by atoms with Crippen LogP contribution in [0, 0.1) is 13.8 Å². The Morgan fingerprint density at radius 1 is 1.22 bits per heavy atom. The maximum absolute atomic E-state index is 12.1. The van der Waals surface area contributed by atoms with E-state index in [2.05, 4.69) is 10.3 Å². The predicted molar refractivity (Wildman–Crippen MR) is 73.1 cm³/mol. The van der Waals surface area contributed by atoms with E-state index in [1.165, 1.54) is 0 Å². The second-order valence-corrected chi connectivity index (χ2v) is 4.44. The summed E-state index contributed by atoms with van der Waals surface area (Å²) in [4.78, 5) is 16.2. The van der Waals surface area contributed by atoms with Gasteiger partial charge in [-0.05, 0) is 43.2 Å². The highest BCUT2D eigenvalue weighted by atomic mass is 35.5. The lowest BCUT2D eigenvalue weighted by molar-refractivity contribution is 0.102. The van der Waals surface area contributed by atoms with Crippen molar-refractivity contribution in [1.82, 2.24) is 4.98 Å². The average molecular weight is 261 g/mol. The molecule has 1 aromatic heterocycles. The smallest absolute Gasteiger partial charge is 0.257 e. The lowest BCUT2D eigenvalue weighted by Crippen LogP contribution is -2.15. The Morgan fingerprint density at radius 2 is 2.00 bits per heavy atom. The van der Waals surface area contributed by atoms with E-state index in [9.17, 15) is 4.79 Å². The molecule has 2 rings (SSSR count). The second kappa shape index (κ2) is 5.19. The minimum absolute atomic E-state index is 0.197. The molecule has 1 heterocycles. The fourth-order valence-electron chi connectivity index (χ4n) is 1.65. The largest absolute Gasteiger partial charge is 0.305 e. The number of benzene rings is 1. The molecule has 18 heavy (non-hydrogen) atoms. The Hall–Kier alpha value is -1.87. The van der Waals surface area contributed by atoms with Crippen molar-refractivity contribution in [1.29, 1.82) is 0 Å². The highest BCUT2D eigenvalue weighted by molar-refractivity contribution is 6.33. The van der Waals surface area contributed by atoms with E-state index in [-0.39, 0.29) is 5.91 Å². The van der Waals surface area contributed by atoms with Crippen molar-refractivity contribution in [2.45, 2.75) is 13.8 Å². The molecule has 0 saturated carbocycles. The van der Waals surface area contributed by atoms with Gasteiger partial charge in [-0.15, -0.1) is 0 Å². The number of carbonyl (C=O) groups excluding carboxylic acids is 1. The molecule has 0 radical (unpaired) electrons. The first-order valence-corrected chi connectivity index (χ1v) is 5.95. The van der Waals surface area contributed by atoms with Gasteiger partial charge in [0.1, 0.15) is 0 Å². The number of pyridine rings is 1. The number of amides is 1. The fraction of sp³-hybridized carbons (Fsp3) is 0.143. The Labute approximate surface area is 111 Å². The summed E-state index contributed by atoms with van der Waals surface area (Å²) in [7, 11) is 0. The predicted octanol–water partition coefficient (Wildman–Crippen LogP) is 3.60. The number of hydrogen-bond acceptors (Lipinski definition) is 2. The third-order valence-electron chi connectivity index (χ3n) is 2.84. The van der Waals surface area contributed by atoms with Crippen molar-refractivity contribution in [3.63, 3.8) is 0 Å². The molecular weight excluding hydrogens is 248 g/mol. The summed E-state index contributed by atoms with van der Waals surface area (Å²) in [6.07, 6.45) is 1.59. The second-order valence-electron chi connectivity index (χ2n) is 4.04. The van der Waals surface area contributed by atoms with Gasteiger partial charge in [-0.2, -0.15) is 0 Å². The van der Waals surface area contributed by atoms with Crippen LogP contribution in [0.25, 0.3) is 0 Å². The molecule has 0 unspecified atom stereocenters. The van der Waals surface area contributed by atoms with Crippen molar-refractivity contribution in [2.24, 2.45) is 0 Å². The molecule has 0 saturated heterocycles. The van der Waals surface area contributed by atoms with Gasteiger partial charge in [0.25, 0.3) is 5.91 Å². The van der Waals surface area contributed by atoms with Gasteiger partial charge >= 0.3 is 0 Å². The number of aryl methyl sites for hydroxylation is 1. The minimum atomic E-state index is -0.197. The number of nitrogens with zero attached hydrogens (tertiary/aromatic N) is 1. The third-order valence-corrected chi connectivity index (χ3v) is 3.14. The van der Waals surface area contributed by atoms with Crippen LogP contribution in [0.1, 0.15) is 21.5 Å². The molecule has 3 nitrogen and oxygen atoms in total. The standard InChI is InChI=1S/C14H13ClN2O/c1-9-5-3-6-11(10(9)2)14(18)17-13-12(15)7-4-8-16-13/h3-8H,1-2H3,(H,16,17,18). The van der Waals surface area contributed by atoms with E-state index in [4.69, 9.17) is 11.6 Å². The zero-order valence-corrected chi connectivity index (χ0v) is 11.0. The Balaban J connectivity index is 2.28. The first kappa shape index (κ1) is 12.6. The molecule has 0 atom stereocenters. The van der Waals surface area contributed by atoms with Gasteiger partial charge in [0.2, 0.25) is 0 Å². The average Bonchev–Trinajstić information content (AvgIpc) is 2.35. The SMILES string of the molecule is Cc1cccc(C(=O)Nc2ncccc2Cl)c1C. The van der Waals surface area contributed by atoms with E-state index < -0.39 is 0 Å². The summed E-state index contributed by atoms with van der Waals surface area (Å²) in [5, 5.41) is 3.14. The number of anilines is 1. The molecule has 0 bridgehead atoms. The summed E-state index contributed by atoms with van der Waals surface area (Å²) in [6.45, 7) is 3.89. The Bertz CT molecular complexity index is 596. The van der Waals surface area contributed by atoms with Crippen LogP contribution >= 0.6 is 11.6 Å². The maximum Gasteiger partial charge on any atom is 0.257 e. The van der Waals surface area contributed by atoms with Gasteiger partial charge in [-0.25, -0.2) is 4.98 Å². The van der Waals surface area contributed by atoms with Crippen LogP contribution in [-0.4, -0.2) is 10.9 Å². The van der Waals surface area contributed by atoms with Crippen LogP contribution in [0.4, 0.5) is 5.82 Å². The number of nitrogens with one attached hydrogen (secondary N) is 1. The van der Waals surface area contributed by atoms with Crippen molar-refractivity contribution >= 4 is 23.3 Å². The van der Waals surface area contributed by atoms with Crippen LogP contribution in [0.3, 0.4) is 0 Å². The molecule has 92 valence electrons. The molecule has 2 aromatic rings. The number of halogens is 1. The van der Waals surface area contributed by atoms with Gasteiger partial charge in [0.15, 0.2) is 5.82 Å². The minimum Gasteiger partial charge on any atom is -0.305 e. The maximum atomic E-state index is 12.1. The molecule has 0 aliphatic carbocycles. The molecular formula is C14H13ClN2O. The fourth-order valence-corrected chi connectivity index (χ4v) is 1.82. The van der Waals surface area contributed by atoms with Crippen LogP contribution < -0.4 is 5.32 Å². The van der Waals surface area contributed by atoms with Gasteiger partial charge in [-0.3, -0.25) is 4.79 Å². The van der Waals surface area contributed by atoms with Crippen molar-refractivity contribution in [3.05, 3.63) is 58.2 Å². The van der Waals surface area contributed by atoms with Gasteiger partial charge < -0.3 is 5.32 Å². The topological polar surface area (TPSA) is 42.0 Å². The molecule has 1 aromatic carbocycles. The summed E-state index contributed by atoms with van der Waals surface area (Å²) in [6, 6.07) is 9.02. The van der Waals surface area contributed by atoms with Crippen LogP contribution in [0.15, 0.2) is 36.5 Å². The normalized spacial score (nSPS) is 10.2. The van der Waals surface area contributed by atoms with E-state index in [1.807, 2.05) is 26.0 Å². The molecule has 1 N–H and O–H groups in total. The molecule has 0 aliphatic rings. The third kappa shape index (κ3) is 2.51. The lowest BCUT2D eigenvalue weighted by atomic mass is 10.0. The Kier molecular flexibility index (Phi) is 3.63. The summed E-state index contributed by atoms with van der Waals surface area (Å²) in [5.74, 6) is 0.182.